The fourth-order valence-corrected chi connectivity index (χ4v) is 3.53. The van der Waals surface area contributed by atoms with E-state index in [1.54, 1.807) is 11.3 Å². The lowest BCUT2D eigenvalue weighted by molar-refractivity contribution is 0.0679. The molecule has 1 aromatic carbocycles. The van der Waals surface area contributed by atoms with Crippen LogP contribution in [0.5, 0.6) is 0 Å². The van der Waals surface area contributed by atoms with E-state index in [9.17, 15) is 4.79 Å². The van der Waals surface area contributed by atoms with Crippen molar-refractivity contribution in [2.75, 3.05) is 0 Å². The van der Waals surface area contributed by atoms with Crippen molar-refractivity contribution in [3.8, 4) is 0 Å². The molecule has 2 nitrogen and oxygen atoms in total. The van der Waals surface area contributed by atoms with Gasteiger partial charge >= 0.3 is 0 Å². The van der Waals surface area contributed by atoms with Gasteiger partial charge in [-0.1, -0.05) is 23.7 Å². The standard InChI is InChI=1S/C17H18ClNOS/c1-11-3-10-16(21-11)17(20)19(15-8-9-15)12(2)13-4-6-14(18)7-5-13/h3-7,10,12,15H,8-9H2,1-2H3. The van der Waals surface area contributed by atoms with Gasteiger partial charge in [0.25, 0.3) is 5.91 Å². The SMILES string of the molecule is Cc1ccc(C(=O)N(C2CC2)C(C)c2ccc(Cl)cc2)s1. The highest BCUT2D eigenvalue weighted by Crippen LogP contribution is 2.36. The fraction of sp³-hybridized carbons (Fsp3) is 0.353. The molecule has 4 heteroatoms. The molecule has 0 saturated heterocycles. The van der Waals surface area contributed by atoms with Crippen molar-refractivity contribution in [2.24, 2.45) is 0 Å². The first-order valence-corrected chi connectivity index (χ1v) is 8.40. The van der Waals surface area contributed by atoms with Crippen LogP contribution in [0.1, 0.15) is 45.9 Å². The van der Waals surface area contributed by atoms with Gasteiger partial charge in [-0.25, -0.2) is 0 Å². The van der Waals surface area contributed by atoms with E-state index in [-0.39, 0.29) is 11.9 Å². The third-order valence-corrected chi connectivity index (χ3v) is 5.14. The monoisotopic (exact) mass is 319 g/mol. The van der Waals surface area contributed by atoms with Crippen LogP contribution in [-0.2, 0) is 0 Å². The third kappa shape index (κ3) is 3.14. The van der Waals surface area contributed by atoms with Crippen LogP contribution in [0.15, 0.2) is 36.4 Å². The predicted molar refractivity (Wildman–Crippen MR) is 88.1 cm³/mol. The van der Waals surface area contributed by atoms with Crippen LogP contribution < -0.4 is 0 Å². The minimum atomic E-state index is 0.0738. The Morgan fingerprint density at radius 2 is 1.90 bits per heavy atom. The van der Waals surface area contributed by atoms with Gasteiger partial charge in [0.05, 0.1) is 10.9 Å². The van der Waals surface area contributed by atoms with E-state index in [1.807, 2.05) is 48.2 Å². The zero-order valence-electron chi connectivity index (χ0n) is 12.2. The third-order valence-electron chi connectivity index (χ3n) is 3.90. The zero-order chi connectivity index (χ0) is 15.0. The number of halogens is 1. The van der Waals surface area contributed by atoms with Gasteiger partial charge in [-0.3, -0.25) is 4.79 Å². The Kier molecular flexibility index (Phi) is 4.05. The molecule has 1 aliphatic carbocycles. The Balaban J connectivity index is 1.87. The van der Waals surface area contributed by atoms with Crippen molar-refractivity contribution in [2.45, 2.75) is 38.8 Å². The molecule has 0 spiro atoms. The maximum atomic E-state index is 12.8. The van der Waals surface area contributed by atoms with Crippen LogP contribution in [0, 0.1) is 6.92 Å². The maximum Gasteiger partial charge on any atom is 0.264 e. The van der Waals surface area contributed by atoms with Crippen molar-refractivity contribution in [3.63, 3.8) is 0 Å². The van der Waals surface area contributed by atoms with Gasteiger partial charge in [-0.15, -0.1) is 11.3 Å². The second-order valence-corrected chi connectivity index (χ2v) is 7.31. The molecule has 1 aromatic heterocycles. The molecule has 1 fully saturated rings. The molecule has 1 saturated carbocycles. The van der Waals surface area contributed by atoms with Gasteiger partial charge in [0.2, 0.25) is 0 Å². The minimum Gasteiger partial charge on any atom is -0.328 e. The topological polar surface area (TPSA) is 20.3 Å². The molecule has 0 aliphatic heterocycles. The van der Waals surface area contributed by atoms with E-state index in [0.717, 1.165) is 28.3 Å². The van der Waals surface area contributed by atoms with E-state index in [0.29, 0.717) is 6.04 Å². The van der Waals surface area contributed by atoms with Crippen LogP contribution in [-0.4, -0.2) is 16.8 Å². The zero-order valence-corrected chi connectivity index (χ0v) is 13.7. The van der Waals surface area contributed by atoms with Crippen LogP contribution in [0.3, 0.4) is 0 Å². The second-order valence-electron chi connectivity index (χ2n) is 5.58. The Morgan fingerprint density at radius 1 is 1.24 bits per heavy atom. The lowest BCUT2D eigenvalue weighted by atomic mass is 10.1. The quantitative estimate of drug-likeness (QED) is 0.770. The summed E-state index contributed by atoms with van der Waals surface area (Å²) in [6, 6.07) is 12.2. The van der Waals surface area contributed by atoms with Gasteiger partial charge in [0, 0.05) is 15.9 Å². The average Bonchev–Trinajstić information content (AvgIpc) is 3.20. The van der Waals surface area contributed by atoms with Crippen molar-refractivity contribution >= 4 is 28.8 Å². The molecule has 110 valence electrons. The number of aryl methyl sites for hydroxylation is 1. The maximum absolute atomic E-state index is 12.8. The molecule has 21 heavy (non-hydrogen) atoms. The number of rotatable bonds is 4. The van der Waals surface area contributed by atoms with E-state index in [1.165, 1.54) is 4.88 Å². The number of carbonyl (C=O) groups excluding carboxylic acids is 1. The Bertz CT molecular complexity index is 645. The molecule has 1 heterocycles. The van der Waals surface area contributed by atoms with Crippen molar-refractivity contribution in [1.29, 1.82) is 0 Å². The summed E-state index contributed by atoms with van der Waals surface area (Å²) in [5.74, 6) is 0.151. The molecule has 0 radical (unpaired) electrons. The van der Waals surface area contributed by atoms with Crippen molar-refractivity contribution in [1.82, 2.24) is 4.90 Å². The van der Waals surface area contributed by atoms with Crippen molar-refractivity contribution < 1.29 is 4.79 Å². The lowest BCUT2D eigenvalue weighted by Gasteiger charge is -2.29. The molecule has 2 aromatic rings. The van der Waals surface area contributed by atoms with Gasteiger partial charge in [-0.05, 0) is 56.5 Å². The summed E-state index contributed by atoms with van der Waals surface area (Å²) < 4.78 is 0. The minimum absolute atomic E-state index is 0.0738. The van der Waals surface area contributed by atoms with Gasteiger partial charge in [0.1, 0.15) is 0 Å². The predicted octanol–water partition coefficient (Wildman–Crippen LogP) is 5.08. The summed E-state index contributed by atoms with van der Waals surface area (Å²) in [5.41, 5.74) is 1.13. The van der Waals surface area contributed by atoms with E-state index in [2.05, 4.69) is 6.92 Å². The molecule has 1 unspecified atom stereocenters. The summed E-state index contributed by atoms with van der Waals surface area (Å²) in [7, 11) is 0. The summed E-state index contributed by atoms with van der Waals surface area (Å²) >= 11 is 7.53. The van der Waals surface area contributed by atoms with Crippen LogP contribution >= 0.6 is 22.9 Å². The Morgan fingerprint density at radius 3 is 2.43 bits per heavy atom. The van der Waals surface area contributed by atoms with Gasteiger partial charge in [0.15, 0.2) is 0 Å². The Hall–Kier alpha value is -1.32. The van der Waals surface area contributed by atoms with Crippen LogP contribution in [0.2, 0.25) is 5.02 Å². The number of amides is 1. The van der Waals surface area contributed by atoms with E-state index in [4.69, 9.17) is 11.6 Å². The van der Waals surface area contributed by atoms with E-state index >= 15 is 0 Å². The van der Waals surface area contributed by atoms with Crippen LogP contribution in [0.25, 0.3) is 0 Å². The highest BCUT2D eigenvalue weighted by atomic mass is 35.5. The molecule has 1 atom stereocenters. The highest BCUT2D eigenvalue weighted by Gasteiger charge is 2.37. The molecule has 3 rings (SSSR count). The average molecular weight is 320 g/mol. The second kappa shape index (κ2) is 5.82. The first-order chi connectivity index (χ1) is 10.1. The number of benzene rings is 1. The van der Waals surface area contributed by atoms with E-state index < -0.39 is 0 Å². The number of nitrogens with zero attached hydrogens (tertiary/aromatic N) is 1. The molecule has 1 aliphatic rings. The molecule has 0 N–H and O–H groups in total. The molecular formula is C17H18ClNOS. The lowest BCUT2D eigenvalue weighted by Crippen LogP contribution is -2.35. The summed E-state index contributed by atoms with van der Waals surface area (Å²) in [6.07, 6.45) is 2.21. The summed E-state index contributed by atoms with van der Waals surface area (Å²) in [6.45, 7) is 4.13. The largest absolute Gasteiger partial charge is 0.328 e. The normalized spacial score (nSPS) is 15.8. The molecular weight excluding hydrogens is 302 g/mol. The van der Waals surface area contributed by atoms with Crippen LogP contribution in [0.4, 0.5) is 0 Å². The number of hydrogen-bond acceptors (Lipinski definition) is 2. The first kappa shape index (κ1) is 14.6. The van der Waals surface area contributed by atoms with Gasteiger partial charge in [-0.2, -0.15) is 0 Å². The Labute approximate surface area is 134 Å². The molecule has 0 bridgehead atoms. The summed E-state index contributed by atoms with van der Waals surface area (Å²) in [4.78, 5) is 16.9. The summed E-state index contributed by atoms with van der Waals surface area (Å²) in [5, 5.41) is 0.726. The molecule has 1 amide bonds. The highest BCUT2D eigenvalue weighted by molar-refractivity contribution is 7.13. The van der Waals surface area contributed by atoms with Gasteiger partial charge < -0.3 is 4.90 Å². The van der Waals surface area contributed by atoms with Crippen molar-refractivity contribution in [3.05, 3.63) is 56.7 Å². The first-order valence-electron chi connectivity index (χ1n) is 7.21. The number of thiophene rings is 1. The number of carbonyl (C=O) groups is 1. The smallest absolute Gasteiger partial charge is 0.264 e. The fourth-order valence-electron chi connectivity index (χ4n) is 2.59. The number of hydrogen-bond donors (Lipinski definition) is 0.